The van der Waals surface area contributed by atoms with Crippen LogP contribution in [0.1, 0.15) is 18.9 Å². The SMILES string of the molecule is CCCn1cc(CNc2c(Cl)cc(F)cc2Cl)cn1. The van der Waals surface area contributed by atoms with Crippen molar-refractivity contribution in [2.75, 3.05) is 5.32 Å². The van der Waals surface area contributed by atoms with Crippen LogP contribution in [0.2, 0.25) is 10.0 Å². The van der Waals surface area contributed by atoms with Gasteiger partial charge in [0.15, 0.2) is 0 Å². The Kier molecular flexibility index (Phi) is 4.66. The van der Waals surface area contributed by atoms with Crippen LogP contribution in [0, 0.1) is 5.82 Å². The molecule has 6 heteroatoms. The van der Waals surface area contributed by atoms with Crippen molar-refractivity contribution in [1.29, 1.82) is 0 Å². The van der Waals surface area contributed by atoms with Gasteiger partial charge in [0.1, 0.15) is 5.82 Å². The van der Waals surface area contributed by atoms with Crippen LogP contribution in [0.4, 0.5) is 10.1 Å². The number of rotatable bonds is 5. The van der Waals surface area contributed by atoms with Gasteiger partial charge >= 0.3 is 0 Å². The second-order valence-electron chi connectivity index (χ2n) is 4.21. The lowest BCUT2D eigenvalue weighted by Crippen LogP contribution is -2.01. The molecule has 1 heterocycles. The molecule has 0 spiro atoms. The van der Waals surface area contributed by atoms with Gasteiger partial charge < -0.3 is 5.32 Å². The monoisotopic (exact) mass is 301 g/mol. The summed E-state index contributed by atoms with van der Waals surface area (Å²) in [5.41, 5.74) is 1.55. The van der Waals surface area contributed by atoms with Crippen molar-refractivity contribution < 1.29 is 4.39 Å². The van der Waals surface area contributed by atoms with Crippen molar-refractivity contribution in [1.82, 2.24) is 9.78 Å². The zero-order chi connectivity index (χ0) is 13.8. The van der Waals surface area contributed by atoms with Crippen molar-refractivity contribution >= 4 is 28.9 Å². The molecule has 0 aliphatic rings. The summed E-state index contributed by atoms with van der Waals surface area (Å²) in [7, 11) is 0. The van der Waals surface area contributed by atoms with Gasteiger partial charge in [0, 0.05) is 24.8 Å². The molecule has 19 heavy (non-hydrogen) atoms. The van der Waals surface area contributed by atoms with E-state index in [9.17, 15) is 4.39 Å². The number of hydrogen-bond acceptors (Lipinski definition) is 2. The highest BCUT2D eigenvalue weighted by molar-refractivity contribution is 6.39. The Bertz CT molecular complexity index is 546. The molecule has 0 atom stereocenters. The highest BCUT2D eigenvalue weighted by Gasteiger charge is 2.08. The van der Waals surface area contributed by atoms with E-state index < -0.39 is 5.82 Å². The van der Waals surface area contributed by atoms with Crippen molar-refractivity contribution in [2.24, 2.45) is 0 Å². The fourth-order valence-electron chi connectivity index (χ4n) is 1.75. The Morgan fingerprint density at radius 1 is 1.32 bits per heavy atom. The second-order valence-corrected chi connectivity index (χ2v) is 5.02. The summed E-state index contributed by atoms with van der Waals surface area (Å²) in [6.07, 6.45) is 4.78. The maximum atomic E-state index is 13.0. The smallest absolute Gasteiger partial charge is 0.126 e. The molecule has 1 N–H and O–H groups in total. The lowest BCUT2D eigenvalue weighted by Gasteiger charge is -2.09. The zero-order valence-corrected chi connectivity index (χ0v) is 12.0. The molecular formula is C13H14Cl2FN3. The zero-order valence-electron chi connectivity index (χ0n) is 10.5. The number of anilines is 1. The molecule has 0 amide bonds. The normalized spacial score (nSPS) is 10.7. The molecule has 2 rings (SSSR count). The van der Waals surface area contributed by atoms with Gasteiger partial charge in [-0.1, -0.05) is 30.1 Å². The topological polar surface area (TPSA) is 29.9 Å². The average molecular weight is 302 g/mol. The third-order valence-corrected chi connectivity index (χ3v) is 3.21. The van der Waals surface area contributed by atoms with Crippen LogP contribution in [-0.4, -0.2) is 9.78 Å². The summed E-state index contributed by atoms with van der Waals surface area (Å²) in [5, 5.41) is 7.86. The molecule has 0 aliphatic heterocycles. The third-order valence-electron chi connectivity index (χ3n) is 2.62. The molecule has 3 nitrogen and oxygen atoms in total. The summed E-state index contributed by atoms with van der Waals surface area (Å²) in [5.74, 6) is -0.448. The molecule has 102 valence electrons. The van der Waals surface area contributed by atoms with Gasteiger partial charge in [0.25, 0.3) is 0 Å². The minimum Gasteiger partial charge on any atom is -0.378 e. The van der Waals surface area contributed by atoms with Gasteiger partial charge in [-0.3, -0.25) is 4.68 Å². The van der Waals surface area contributed by atoms with Crippen LogP contribution in [0.15, 0.2) is 24.5 Å². The fourth-order valence-corrected chi connectivity index (χ4v) is 2.34. The lowest BCUT2D eigenvalue weighted by molar-refractivity contribution is 0.602. The lowest BCUT2D eigenvalue weighted by atomic mass is 10.3. The number of halogens is 3. The Labute approximate surface area is 121 Å². The number of nitrogens with one attached hydrogen (secondary N) is 1. The van der Waals surface area contributed by atoms with E-state index in [1.807, 2.05) is 10.9 Å². The molecule has 0 aliphatic carbocycles. The van der Waals surface area contributed by atoms with E-state index in [-0.39, 0.29) is 10.0 Å². The number of hydrogen-bond donors (Lipinski definition) is 1. The van der Waals surface area contributed by atoms with Crippen LogP contribution >= 0.6 is 23.2 Å². The number of nitrogens with zero attached hydrogens (tertiary/aromatic N) is 2. The number of aromatic nitrogens is 2. The van der Waals surface area contributed by atoms with Gasteiger partial charge in [0.2, 0.25) is 0 Å². The van der Waals surface area contributed by atoms with Crippen LogP contribution in [0.3, 0.4) is 0 Å². The van der Waals surface area contributed by atoms with Gasteiger partial charge in [-0.05, 0) is 18.6 Å². The van der Waals surface area contributed by atoms with E-state index >= 15 is 0 Å². The Morgan fingerprint density at radius 3 is 2.63 bits per heavy atom. The van der Waals surface area contributed by atoms with E-state index in [1.165, 1.54) is 12.1 Å². The van der Waals surface area contributed by atoms with Crippen LogP contribution in [-0.2, 0) is 13.1 Å². The van der Waals surface area contributed by atoms with Gasteiger partial charge in [-0.15, -0.1) is 0 Å². The fraction of sp³-hybridized carbons (Fsp3) is 0.308. The molecule has 2 aromatic rings. The maximum Gasteiger partial charge on any atom is 0.126 e. The van der Waals surface area contributed by atoms with E-state index in [1.54, 1.807) is 6.20 Å². The predicted molar refractivity (Wildman–Crippen MR) is 76.3 cm³/mol. The van der Waals surface area contributed by atoms with Gasteiger partial charge in [0.05, 0.1) is 21.9 Å². The molecule has 0 radical (unpaired) electrons. The Morgan fingerprint density at radius 2 is 2.00 bits per heavy atom. The molecular weight excluding hydrogens is 288 g/mol. The summed E-state index contributed by atoms with van der Waals surface area (Å²) >= 11 is 11.9. The minimum absolute atomic E-state index is 0.269. The molecule has 0 saturated carbocycles. The first kappa shape index (κ1) is 14.2. The second kappa shape index (κ2) is 6.26. The maximum absolute atomic E-state index is 13.0. The quantitative estimate of drug-likeness (QED) is 0.890. The first-order valence-electron chi connectivity index (χ1n) is 6.00. The summed E-state index contributed by atoms with van der Waals surface area (Å²) in [6.45, 7) is 3.52. The standard InChI is InChI=1S/C13H14Cl2FN3/c1-2-3-19-8-9(7-18-19)6-17-13-11(14)4-10(16)5-12(13)15/h4-5,7-8,17H,2-3,6H2,1H3. The van der Waals surface area contributed by atoms with Crippen LogP contribution < -0.4 is 5.32 Å². The van der Waals surface area contributed by atoms with Crippen LogP contribution in [0.25, 0.3) is 0 Å². The average Bonchev–Trinajstić information content (AvgIpc) is 2.76. The van der Waals surface area contributed by atoms with E-state index in [0.29, 0.717) is 12.2 Å². The minimum atomic E-state index is -0.448. The number of aryl methyl sites for hydroxylation is 1. The molecule has 0 bridgehead atoms. The highest BCUT2D eigenvalue weighted by atomic mass is 35.5. The van der Waals surface area contributed by atoms with Gasteiger partial charge in [-0.25, -0.2) is 4.39 Å². The largest absolute Gasteiger partial charge is 0.378 e. The predicted octanol–water partition coefficient (Wildman–Crippen LogP) is 4.35. The van der Waals surface area contributed by atoms with E-state index in [2.05, 4.69) is 17.3 Å². The molecule has 0 fully saturated rings. The third kappa shape index (κ3) is 3.61. The van der Waals surface area contributed by atoms with Crippen molar-refractivity contribution in [3.05, 3.63) is 46.0 Å². The first-order chi connectivity index (χ1) is 9.10. The van der Waals surface area contributed by atoms with E-state index in [4.69, 9.17) is 23.2 Å². The van der Waals surface area contributed by atoms with E-state index in [0.717, 1.165) is 18.5 Å². The Balaban J connectivity index is 2.05. The molecule has 0 unspecified atom stereocenters. The summed E-state index contributed by atoms with van der Waals surface area (Å²) < 4.78 is 14.9. The molecule has 0 saturated heterocycles. The molecule has 1 aromatic heterocycles. The number of benzene rings is 1. The van der Waals surface area contributed by atoms with Crippen molar-refractivity contribution in [2.45, 2.75) is 26.4 Å². The first-order valence-corrected chi connectivity index (χ1v) is 6.75. The summed E-state index contributed by atoms with van der Waals surface area (Å²) in [4.78, 5) is 0. The Hall–Kier alpha value is -1.26. The van der Waals surface area contributed by atoms with Gasteiger partial charge in [-0.2, -0.15) is 5.10 Å². The van der Waals surface area contributed by atoms with Crippen LogP contribution in [0.5, 0.6) is 0 Å². The molecule has 1 aromatic carbocycles. The highest BCUT2D eigenvalue weighted by Crippen LogP contribution is 2.31. The van der Waals surface area contributed by atoms with Crippen molar-refractivity contribution in [3.63, 3.8) is 0 Å². The summed E-state index contributed by atoms with van der Waals surface area (Å²) in [6, 6.07) is 2.46. The van der Waals surface area contributed by atoms with Crippen molar-refractivity contribution in [3.8, 4) is 0 Å².